The Morgan fingerprint density at radius 3 is 2.64 bits per heavy atom. The van der Waals surface area contributed by atoms with Crippen LogP contribution in [0.5, 0.6) is 0 Å². The van der Waals surface area contributed by atoms with Gasteiger partial charge in [0.25, 0.3) is 5.91 Å². The Kier molecular flexibility index (Phi) is 4.61. The number of aryl methyl sites for hydroxylation is 1. The van der Waals surface area contributed by atoms with Crippen molar-refractivity contribution in [3.8, 4) is 11.1 Å². The van der Waals surface area contributed by atoms with E-state index in [0.29, 0.717) is 11.3 Å². The van der Waals surface area contributed by atoms with Gasteiger partial charge in [-0.3, -0.25) is 9.78 Å². The molecule has 1 N–H and O–H groups in total. The monoisotopic (exact) mass is 374 g/mol. The van der Waals surface area contributed by atoms with Crippen molar-refractivity contribution in [1.82, 2.24) is 19.7 Å². The van der Waals surface area contributed by atoms with E-state index in [-0.39, 0.29) is 11.9 Å². The summed E-state index contributed by atoms with van der Waals surface area (Å²) in [7, 11) is 0. The van der Waals surface area contributed by atoms with Gasteiger partial charge in [-0.25, -0.2) is 9.37 Å². The first-order chi connectivity index (χ1) is 13.5. The second-order valence-electron chi connectivity index (χ2n) is 6.76. The number of imidazole rings is 1. The molecule has 1 amide bonds. The highest BCUT2D eigenvalue weighted by Crippen LogP contribution is 2.26. The van der Waals surface area contributed by atoms with E-state index in [0.717, 1.165) is 28.5 Å². The Morgan fingerprint density at radius 2 is 1.93 bits per heavy atom. The zero-order valence-corrected chi connectivity index (χ0v) is 15.6. The Morgan fingerprint density at radius 1 is 1.14 bits per heavy atom. The van der Waals surface area contributed by atoms with E-state index in [1.807, 2.05) is 54.8 Å². The predicted molar refractivity (Wildman–Crippen MR) is 105 cm³/mol. The zero-order chi connectivity index (χ0) is 19.7. The normalized spacial score (nSPS) is 12.1. The number of carbonyl (C=O) groups excluding carboxylic acids is 1. The summed E-state index contributed by atoms with van der Waals surface area (Å²) in [4.78, 5) is 21.3. The van der Waals surface area contributed by atoms with Crippen molar-refractivity contribution in [3.63, 3.8) is 0 Å². The summed E-state index contributed by atoms with van der Waals surface area (Å²) in [6, 6.07) is 12.5. The van der Waals surface area contributed by atoms with E-state index < -0.39 is 5.82 Å². The van der Waals surface area contributed by atoms with E-state index >= 15 is 0 Å². The molecule has 0 aliphatic carbocycles. The Labute approximate surface area is 161 Å². The van der Waals surface area contributed by atoms with Crippen molar-refractivity contribution in [2.45, 2.75) is 19.9 Å². The smallest absolute Gasteiger partial charge is 0.253 e. The first-order valence-corrected chi connectivity index (χ1v) is 8.97. The van der Waals surface area contributed by atoms with Crippen molar-refractivity contribution in [2.24, 2.45) is 0 Å². The molecule has 3 aromatic heterocycles. The summed E-state index contributed by atoms with van der Waals surface area (Å²) in [6.45, 7) is 3.85. The van der Waals surface area contributed by atoms with Crippen LogP contribution in [0.3, 0.4) is 0 Å². The third-order valence-corrected chi connectivity index (χ3v) is 4.65. The van der Waals surface area contributed by atoms with Gasteiger partial charge in [-0.2, -0.15) is 0 Å². The molecule has 0 fully saturated rings. The number of nitrogens with one attached hydrogen (secondary N) is 1. The molecule has 0 unspecified atom stereocenters. The predicted octanol–water partition coefficient (Wildman–Crippen LogP) is 4.33. The number of carbonyl (C=O) groups is 1. The number of aromatic nitrogens is 3. The number of pyridine rings is 2. The summed E-state index contributed by atoms with van der Waals surface area (Å²) < 4.78 is 14.9. The number of fused-ring (bicyclic) bond motifs is 1. The lowest BCUT2D eigenvalue weighted by Crippen LogP contribution is -2.27. The lowest BCUT2D eigenvalue weighted by Gasteiger charge is -2.14. The number of halogens is 1. The van der Waals surface area contributed by atoms with Crippen molar-refractivity contribution < 1.29 is 9.18 Å². The van der Waals surface area contributed by atoms with Crippen LogP contribution in [0.25, 0.3) is 16.8 Å². The highest BCUT2D eigenvalue weighted by molar-refractivity contribution is 5.96. The molecule has 5 nitrogen and oxygen atoms in total. The highest BCUT2D eigenvalue weighted by atomic mass is 19.1. The van der Waals surface area contributed by atoms with Crippen molar-refractivity contribution in [1.29, 1.82) is 0 Å². The topological polar surface area (TPSA) is 59.3 Å². The Hall–Kier alpha value is -3.54. The molecule has 0 aliphatic heterocycles. The minimum absolute atomic E-state index is 0.234. The fourth-order valence-electron chi connectivity index (χ4n) is 3.10. The van der Waals surface area contributed by atoms with Crippen LogP contribution in [0.1, 0.15) is 34.6 Å². The van der Waals surface area contributed by atoms with E-state index in [1.165, 1.54) is 6.07 Å². The fourth-order valence-corrected chi connectivity index (χ4v) is 3.10. The van der Waals surface area contributed by atoms with Crippen LogP contribution in [-0.2, 0) is 0 Å². The minimum Gasteiger partial charge on any atom is -0.344 e. The summed E-state index contributed by atoms with van der Waals surface area (Å²) in [6.07, 6.45) is 6.42. The van der Waals surface area contributed by atoms with Crippen molar-refractivity contribution in [2.75, 3.05) is 0 Å². The molecule has 0 spiro atoms. The van der Waals surface area contributed by atoms with E-state index in [4.69, 9.17) is 0 Å². The molecule has 0 saturated carbocycles. The van der Waals surface area contributed by atoms with Crippen LogP contribution in [0.4, 0.5) is 4.39 Å². The van der Waals surface area contributed by atoms with Crippen LogP contribution < -0.4 is 5.32 Å². The molecule has 6 heteroatoms. The number of hydrogen-bond acceptors (Lipinski definition) is 3. The van der Waals surface area contributed by atoms with E-state index in [9.17, 15) is 9.18 Å². The zero-order valence-electron chi connectivity index (χ0n) is 15.6. The lowest BCUT2D eigenvalue weighted by atomic mass is 10.0. The van der Waals surface area contributed by atoms with Gasteiger partial charge >= 0.3 is 0 Å². The van der Waals surface area contributed by atoms with Gasteiger partial charge in [0.15, 0.2) is 0 Å². The number of rotatable bonds is 4. The fraction of sp³-hybridized carbons (Fsp3) is 0.136. The molecule has 0 saturated heterocycles. The molecule has 0 aliphatic rings. The van der Waals surface area contributed by atoms with Crippen LogP contribution >= 0.6 is 0 Å². The number of amides is 1. The van der Waals surface area contributed by atoms with Crippen LogP contribution in [-0.4, -0.2) is 20.3 Å². The van der Waals surface area contributed by atoms with Crippen molar-refractivity contribution >= 4 is 11.6 Å². The minimum atomic E-state index is -0.407. The standard InChI is InChI=1S/C22H19FN4O/c1-14-3-5-16(6-4-14)19-11-17(13-27-10-9-24-21(19)27)22(28)26-15(2)20-8-7-18(23)12-25-20/h3-13,15H,1-2H3,(H,26,28)/t15-/m1/s1. The highest BCUT2D eigenvalue weighted by Gasteiger charge is 2.16. The van der Waals surface area contributed by atoms with Crippen molar-refractivity contribution in [3.05, 3.63) is 89.9 Å². The van der Waals surface area contributed by atoms with Gasteiger partial charge in [0.2, 0.25) is 0 Å². The van der Waals surface area contributed by atoms with E-state index in [1.54, 1.807) is 18.5 Å². The first kappa shape index (κ1) is 17.9. The number of benzene rings is 1. The van der Waals surface area contributed by atoms with Crippen LogP contribution in [0, 0.1) is 12.7 Å². The van der Waals surface area contributed by atoms with Gasteiger partial charge in [-0.05, 0) is 37.6 Å². The SMILES string of the molecule is Cc1ccc(-c2cc(C(=O)N[C@H](C)c3ccc(F)cn3)cn3ccnc23)cc1. The third-order valence-electron chi connectivity index (χ3n) is 4.65. The second-order valence-corrected chi connectivity index (χ2v) is 6.76. The number of hydrogen-bond donors (Lipinski definition) is 1. The third kappa shape index (κ3) is 3.49. The van der Waals surface area contributed by atoms with Gasteiger partial charge in [0.05, 0.1) is 23.5 Å². The average molecular weight is 374 g/mol. The molecule has 4 rings (SSSR count). The molecular formula is C22H19FN4O. The van der Waals surface area contributed by atoms with Gasteiger partial charge in [-0.15, -0.1) is 0 Å². The summed E-state index contributed by atoms with van der Waals surface area (Å²) in [5.41, 5.74) is 4.92. The maximum Gasteiger partial charge on any atom is 0.253 e. The molecule has 140 valence electrons. The molecule has 0 radical (unpaired) electrons. The summed E-state index contributed by atoms with van der Waals surface area (Å²) in [5.74, 6) is -0.641. The molecule has 0 bridgehead atoms. The average Bonchev–Trinajstić information content (AvgIpc) is 3.17. The largest absolute Gasteiger partial charge is 0.344 e. The Bertz CT molecular complexity index is 1130. The lowest BCUT2D eigenvalue weighted by molar-refractivity contribution is 0.0938. The quantitative estimate of drug-likeness (QED) is 0.578. The summed E-state index contributed by atoms with van der Waals surface area (Å²) in [5, 5.41) is 2.92. The summed E-state index contributed by atoms with van der Waals surface area (Å²) >= 11 is 0. The van der Waals surface area contributed by atoms with Gasteiger partial charge in [-0.1, -0.05) is 29.8 Å². The maximum absolute atomic E-state index is 13.1. The second kappa shape index (κ2) is 7.23. The Balaban J connectivity index is 1.67. The van der Waals surface area contributed by atoms with Crippen LogP contribution in [0.15, 0.2) is 67.3 Å². The van der Waals surface area contributed by atoms with Crippen LogP contribution in [0.2, 0.25) is 0 Å². The van der Waals surface area contributed by atoms with Gasteiger partial charge in [0, 0.05) is 24.2 Å². The molecular weight excluding hydrogens is 355 g/mol. The molecule has 28 heavy (non-hydrogen) atoms. The van der Waals surface area contributed by atoms with E-state index in [2.05, 4.69) is 15.3 Å². The van der Waals surface area contributed by atoms with Gasteiger partial charge in [0.1, 0.15) is 11.5 Å². The molecule has 1 aromatic carbocycles. The molecule has 3 heterocycles. The molecule has 1 atom stereocenters. The van der Waals surface area contributed by atoms with Gasteiger partial charge < -0.3 is 9.72 Å². The first-order valence-electron chi connectivity index (χ1n) is 8.97. The number of nitrogens with zero attached hydrogens (tertiary/aromatic N) is 3. The maximum atomic E-state index is 13.1. The molecule has 4 aromatic rings.